The van der Waals surface area contributed by atoms with Crippen molar-refractivity contribution in [3.63, 3.8) is 0 Å². The molecule has 1 N–H and O–H groups in total. The van der Waals surface area contributed by atoms with Crippen molar-refractivity contribution in [2.45, 2.75) is 18.5 Å². The van der Waals surface area contributed by atoms with Crippen LogP contribution in [0.25, 0.3) is 0 Å². The van der Waals surface area contributed by atoms with Crippen molar-refractivity contribution in [1.29, 1.82) is 0 Å². The number of nitrogens with zero attached hydrogens (tertiary/aromatic N) is 1. The van der Waals surface area contributed by atoms with Gasteiger partial charge in [-0.25, -0.2) is 17.5 Å². The molecule has 0 saturated carbocycles. The maximum absolute atomic E-state index is 11.8. The first kappa shape index (κ1) is 20.1. The van der Waals surface area contributed by atoms with E-state index in [1.165, 1.54) is 11.3 Å². The molecule has 120 valence electrons. The third-order valence-electron chi connectivity index (χ3n) is 2.97. The number of β-lactam (4-membered cyclic amide) rings is 1. The Morgan fingerprint density at radius 1 is 1.48 bits per heavy atom. The third kappa shape index (κ3) is 4.31. The molecular formula is C11H11N2NaO7S2. The van der Waals surface area contributed by atoms with E-state index < -0.39 is 40.2 Å². The van der Waals surface area contributed by atoms with Gasteiger partial charge in [-0.1, -0.05) is 6.07 Å². The minimum absolute atomic E-state index is 0. The van der Waals surface area contributed by atoms with Crippen LogP contribution in [-0.2, 0) is 35.8 Å². The van der Waals surface area contributed by atoms with Crippen LogP contribution in [0, 0.1) is 0 Å². The Kier molecular flexibility index (Phi) is 6.74. The summed E-state index contributed by atoms with van der Waals surface area (Å²) in [5.41, 5.74) is 0. The summed E-state index contributed by atoms with van der Waals surface area (Å²) < 4.78 is 37.1. The molecule has 0 aromatic carbocycles. The molecule has 2 atom stereocenters. The Balaban J connectivity index is 0.00000264. The summed E-state index contributed by atoms with van der Waals surface area (Å²) in [5.74, 6) is -2.83. The largest absolute Gasteiger partial charge is 1.00 e. The summed E-state index contributed by atoms with van der Waals surface area (Å²) in [5, 5.41) is 4.01. The number of hydrogen-bond donors (Lipinski definition) is 1. The summed E-state index contributed by atoms with van der Waals surface area (Å²) in [6.07, 6.45) is -0.0283. The summed E-state index contributed by atoms with van der Waals surface area (Å²) in [4.78, 5) is 35.8. The van der Waals surface area contributed by atoms with Crippen LogP contribution in [0.3, 0.4) is 0 Å². The van der Waals surface area contributed by atoms with Crippen LogP contribution in [0.4, 0.5) is 0 Å². The first-order valence-corrected chi connectivity index (χ1v) is 8.19. The summed E-state index contributed by atoms with van der Waals surface area (Å²) in [6.45, 7) is 0. The Morgan fingerprint density at radius 2 is 2.13 bits per heavy atom. The number of esters is 1. The van der Waals surface area contributed by atoms with E-state index in [9.17, 15) is 27.4 Å². The molecule has 1 saturated heterocycles. The van der Waals surface area contributed by atoms with Gasteiger partial charge in [0.05, 0.1) is 13.5 Å². The molecule has 2 heterocycles. The number of nitrogens with one attached hydrogen (secondary N) is 1. The Labute approximate surface area is 158 Å². The van der Waals surface area contributed by atoms with Gasteiger partial charge in [-0.05, 0) is 11.4 Å². The van der Waals surface area contributed by atoms with Crippen molar-refractivity contribution >= 4 is 39.4 Å². The molecule has 0 unspecified atom stereocenters. The van der Waals surface area contributed by atoms with Gasteiger partial charge in [0.25, 0.3) is 5.91 Å². The number of rotatable bonds is 5. The minimum Gasteiger partial charge on any atom is -0.731 e. The number of carbonyl (C=O) groups is 3. The molecule has 1 aliphatic rings. The molecule has 0 radical (unpaired) electrons. The Hall–Kier alpha value is -0.980. The number of ether oxygens (including phenoxy) is 1. The van der Waals surface area contributed by atoms with E-state index in [-0.39, 0.29) is 40.3 Å². The Bertz CT molecular complexity index is 704. The minimum atomic E-state index is -5.15. The van der Waals surface area contributed by atoms with E-state index >= 15 is 0 Å². The van der Waals surface area contributed by atoms with Gasteiger partial charge in [-0.3, -0.25) is 9.59 Å². The van der Waals surface area contributed by atoms with Crippen LogP contribution in [0.15, 0.2) is 17.5 Å². The monoisotopic (exact) mass is 370 g/mol. The molecule has 23 heavy (non-hydrogen) atoms. The number of amides is 2. The number of thiophene rings is 1. The van der Waals surface area contributed by atoms with Crippen molar-refractivity contribution in [1.82, 2.24) is 9.62 Å². The normalized spacial score (nSPS) is 20.3. The van der Waals surface area contributed by atoms with Crippen molar-refractivity contribution in [2.24, 2.45) is 0 Å². The van der Waals surface area contributed by atoms with E-state index in [0.717, 1.165) is 12.0 Å². The molecule has 9 nitrogen and oxygen atoms in total. The van der Waals surface area contributed by atoms with Crippen LogP contribution in [0.1, 0.15) is 4.88 Å². The van der Waals surface area contributed by atoms with Crippen LogP contribution in [0.2, 0.25) is 0 Å². The number of methoxy groups -OCH3 is 1. The second-order valence-electron chi connectivity index (χ2n) is 4.36. The van der Waals surface area contributed by atoms with Crippen molar-refractivity contribution < 1.29 is 61.6 Å². The zero-order valence-corrected chi connectivity index (χ0v) is 15.8. The van der Waals surface area contributed by atoms with Gasteiger partial charge in [-0.2, -0.15) is 0 Å². The SMILES string of the molecule is COC(=O)[C@@H]1[C@H](NC(=O)Cc2cccs2)C(=O)N1S(=O)(=O)[O-].[Na+]. The molecule has 1 aromatic heterocycles. The van der Waals surface area contributed by atoms with E-state index in [4.69, 9.17) is 0 Å². The van der Waals surface area contributed by atoms with Gasteiger partial charge in [0, 0.05) is 4.88 Å². The Morgan fingerprint density at radius 3 is 2.61 bits per heavy atom. The van der Waals surface area contributed by atoms with Crippen LogP contribution >= 0.6 is 11.3 Å². The molecule has 0 aliphatic carbocycles. The van der Waals surface area contributed by atoms with E-state index in [0.29, 0.717) is 0 Å². The molecular weight excluding hydrogens is 359 g/mol. The molecule has 1 fully saturated rings. The number of hydrogen-bond acceptors (Lipinski definition) is 8. The molecule has 1 aliphatic heterocycles. The van der Waals surface area contributed by atoms with Gasteiger partial charge in [0.1, 0.15) is 6.04 Å². The first-order valence-electron chi connectivity index (χ1n) is 5.94. The predicted octanol–water partition coefficient (Wildman–Crippen LogP) is -4.38. The fraction of sp³-hybridized carbons (Fsp3) is 0.364. The van der Waals surface area contributed by atoms with E-state index in [1.807, 2.05) is 0 Å². The standard InChI is InChI=1S/C11H12N2O7S2.Na/c1-20-11(16)9-8(10(15)13(9)22(17,18)19)12-7(14)5-6-3-2-4-21-6;/h2-4,8-9H,5H2,1H3,(H,12,14)(H,17,18,19);/q;+1/p-1/t8-,9-;/m0./s1. The van der Waals surface area contributed by atoms with Gasteiger partial charge in [0.2, 0.25) is 5.91 Å². The maximum Gasteiger partial charge on any atom is 1.00 e. The molecule has 2 amide bonds. The molecule has 0 spiro atoms. The summed E-state index contributed by atoms with van der Waals surface area (Å²) >= 11 is 1.33. The quantitative estimate of drug-likeness (QED) is 0.240. The predicted molar refractivity (Wildman–Crippen MR) is 72.3 cm³/mol. The first-order chi connectivity index (χ1) is 10.3. The van der Waals surface area contributed by atoms with Gasteiger partial charge in [-0.15, -0.1) is 11.3 Å². The van der Waals surface area contributed by atoms with Crippen molar-refractivity contribution in [3.05, 3.63) is 22.4 Å². The fourth-order valence-corrected chi connectivity index (χ4v) is 3.52. The molecule has 2 rings (SSSR count). The van der Waals surface area contributed by atoms with Crippen LogP contribution < -0.4 is 34.9 Å². The van der Waals surface area contributed by atoms with Gasteiger partial charge < -0.3 is 14.6 Å². The van der Waals surface area contributed by atoms with Crippen molar-refractivity contribution in [2.75, 3.05) is 7.11 Å². The fourth-order valence-electron chi connectivity index (χ4n) is 2.00. The average Bonchev–Trinajstić information content (AvgIpc) is 2.92. The van der Waals surface area contributed by atoms with Crippen LogP contribution in [0.5, 0.6) is 0 Å². The molecule has 0 bridgehead atoms. The summed E-state index contributed by atoms with van der Waals surface area (Å²) in [6, 6.07) is 0.347. The number of carbonyl (C=O) groups excluding carboxylic acids is 3. The second kappa shape index (κ2) is 7.73. The maximum atomic E-state index is 11.8. The van der Waals surface area contributed by atoms with Gasteiger partial charge in [0.15, 0.2) is 16.3 Å². The molecule has 1 aromatic rings. The van der Waals surface area contributed by atoms with Gasteiger partial charge >= 0.3 is 35.5 Å². The smallest absolute Gasteiger partial charge is 0.731 e. The van der Waals surface area contributed by atoms with E-state index in [2.05, 4.69) is 10.1 Å². The zero-order chi connectivity index (χ0) is 16.5. The van der Waals surface area contributed by atoms with Crippen molar-refractivity contribution in [3.8, 4) is 0 Å². The van der Waals surface area contributed by atoms with E-state index in [1.54, 1.807) is 17.5 Å². The van der Waals surface area contributed by atoms with Crippen LogP contribution in [-0.4, -0.2) is 54.3 Å². The zero-order valence-electron chi connectivity index (χ0n) is 12.2. The third-order valence-corrected chi connectivity index (χ3v) is 4.73. The topological polar surface area (TPSA) is 133 Å². The second-order valence-corrected chi connectivity index (χ2v) is 6.64. The summed E-state index contributed by atoms with van der Waals surface area (Å²) in [7, 11) is -4.18. The molecule has 12 heteroatoms. The average molecular weight is 370 g/mol.